The van der Waals surface area contributed by atoms with Gasteiger partial charge >= 0.3 is 0 Å². The summed E-state index contributed by atoms with van der Waals surface area (Å²) in [7, 11) is 0. The van der Waals surface area contributed by atoms with Gasteiger partial charge in [0.15, 0.2) is 0 Å². The average molecular weight is 357 g/mol. The molecule has 0 fully saturated rings. The van der Waals surface area contributed by atoms with Gasteiger partial charge in [-0.15, -0.1) is 0 Å². The zero-order valence-electron chi connectivity index (χ0n) is 15.4. The van der Waals surface area contributed by atoms with Gasteiger partial charge < -0.3 is 10.6 Å². The Morgan fingerprint density at radius 1 is 1.00 bits per heavy atom. The lowest BCUT2D eigenvalue weighted by Gasteiger charge is -2.11. The Kier molecular flexibility index (Phi) is 5.13. The average Bonchev–Trinajstić information content (AvgIpc) is 2.65. The highest BCUT2D eigenvalue weighted by molar-refractivity contribution is 6.03. The summed E-state index contributed by atoms with van der Waals surface area (Å²) < 4.78 is 0. The van der Waals surface area contributed by atoms with E-state index in [9.17, 15) is 4.79 Å². The predicted molar refractivity (Wildman–Crippen MR) is 105 cm³/mol. The molecular formula is C21H19N5O. The van der Waals surface area contributed by atoms with Crippen LogP contribution in [0, 0.1) is 32.1 Å². The SMILES string of the molecule is Cc1ccc(C)c(Nc2nc(C)cc(C(=O)Nc3ccc(C#N)cc3)n2)c1. The molecule has 3 rings (SSSR count). The van der Waals surface area contributed by atoms with Crippen molar-refractivity contribution in [2.45, 2.75) is 20.8 Å². The van der Waals surface area contributed by atoms with Gasteiger partial charge in [-0.2, -0.15) is 5.26 Å². The number of nitriles is 1. The molecule has 1 heterocycles. The first kappa shape index (κ1) is 18.1. The lowest BCUT2D eigenvalue weighted by Crippen LogP contribution is -2.15. The van der Waals surface area contributed by atoms with Crippen LogP contribution in [-0.4, -0.2) is 15.9 Å². The molecule has 2 aromatic carbocycles. The molecule has 1 aromatic heterocycles. The number of nitrogens with one attached hydrogen (secondary N) is 2. The van der Waals surface area contributed by atoms with Gasteiger partial charge in [0.1, 0.15) is 5.69 Å². The van der Waals surface area contributed by atoms with E-state index in [2.05, 4.69) is 20.6 Å². The fourth-order valence-electron chi connectivity index (χ4n) is 2.55. The topological polar surface area (TPSA) is 90.7 Å². The third kappa shape index (κ3) is 4.47. The minimum Gasteiger partial charge on any atom is -0.324 e. The fourth-order valence-corrected chi connectivity index (χ4v) is 2.55. The molecule has 134 valence electrons. The number of anilines is 3. The third-order valence-electron chi connectivity index (χ3n) is 4.00. The number of hydrogen-bond acceptors (Lipinski definition) is 5. The van der Waals surface area contributed by atoms with Crippen LogP contribution in [0.2, 0.25) is 0 Å². The molecule has 2 N–H and O–H groups in total. The van der Waals surface area contributed by atoms with E-state index in [0.717, 1.165) is 16.8 Å². The minimum atomic E-state index is -0.339. The molecule has 0 radical (unpaired) electrons. The van der Waals surface area contributed by atoms with Crippen molar-refractivity contribution in [1.29, 1.82) is 5.26 Å². The van der Waals surface area contributed by atoms with Crippen LogP contribution in [0.3, 0.4) is 0 Å². The predicted octanol–water partition coefficient (Wildman–Crippen LogP) is 4.27. The molecule has 1 amide bonds. The molecule has 6 nitrogen and oxygen atoms in total. The van der Waals surface area contributed by atoms with E-state index in [1.807, 2.05) is 45.0 Å². The summed E-state index contributed by atoms with van der Waals surface area (Å²) in [5.41, 5.74) is 5.16. The second-order valence-electron chi connectivity index (χ2n) is 6.30. The quantitative estimate of drug-likeness (QED) is 0.728. The molecule has 0 saturated carbocycles. The number of carbonyl (C=O) groups is 1. The van der Waals surface area contributed by atoms with E-state index < -0.39 is 0 Å². The second-order valence-corrected chi connectivity index (χ2v) is 6.30. The van der Waals surface area contributed by atoms with Crippen LogP contribution in [-0.2, 0) is 0 Å². The summed E-state index contributed by atoms with van der Waals surface area (Å²) in [6.45, 7) is 5.82. The van der Waals surface area contributed by atoms with Crippen LogP contribution in [0.15, 0.2) is 48.5 Å². The van der Waals surface area contributed by atoms with Crippen LogP contribution in [0.5, 0.6) is 0 Å². The lowest BCUT2D eigenvalue weighted by molar-refractivity contribution is 0.102. The standard InChI is InChI=1S/C21H19N5O/c1-13-4-5-14(2)18(10-13)25-21-23-15(3)11-19(26-21)20(27)24-17-8-6-16(12-22)7-9-17/h4-11H,1-3H3,(H,24,27)(H,23,25,26). The summed E-state index contributed by atoms with van der Waals surface area (Å²) in [5, 5.41) is 14.8. The van der Waals surface area contributed by atoms with Crippen LogP contribution < -0.4 is 10.6 Å². The first-order valence-corrected chi connectivity index (χ1v) is 8.46. The van der Waals surface area contributed by atoms with Crippen molar-refractivity contribution in [3.8, 4) is 6.07 Å². The molecule has 3 aromatic rings. The Bertz CT molecular complexity index is 1040. The van der Waals surface area contributed by atoms with E-state index >= 15 is 0 Å². The van der Waals surface area contributed by atoms with Crippen molar-refractivity contribution < 1.29 is 4.79 Å². The molecule has 0 saturated heterocycles. The van der Waals surface area contributed by atoms with Crippen molar-refractivity contribution in [3.63, 3.8) is 0 Å². The Morgan fingerprint density at radius 2 is 1.74 bits per heavy atom. The maximum Gasteiger partial charge on any atom is 0.274 e. The molecule has 0 bridgehead atoms. The van der Waals surface area contributed by atoms with E-state index in [0.29, 0.717) is 22.9 Å². The summed E-state index contributed by atoms with van der Waals surface area (Å²) in [4.78, 5) is 21.3. The number of amides is 1. The van der Waals surface area contributed by atoms with Crippen molar-refractivity contribution in [2.24, 2.45) is 0 Å². The summed E-state index contributed by atoms with van der Waals surface area (Å²) >= 11 is 0. The summed E-state index contributed by atoms with van der Waals surface area (Å²) in [5.74, 6) is 0.0305. The first-order chi connectivity index (χ1) is 12.9. The summed E-state index contributed by atoms with van der Waals surface area (Å²) in [6, 6.07) is 16.4. The van der Waals surface area contributed by atoms with Gasteiger partial charge in [0, 0.05) is 17.1 Å². The molecule has 0 unspecified atom stereocenters. The van der Waals surface area contributed by atoms with Crippen LogP contribution >= 0.6 is 0 Å². The van der Waals surface area contributed by atoms with Gasteiger partial charge in [-0.25, -0.2) is 9.97 Å². The van der Waals surface area contributed by atoms with Gasteiger partial charge in [-0.3, -0.25) is 4.79 Å². The van der Waals surface area contributed by atoms with Gasteiger partial charge in [0.05, 0.1) is 11.6 Å². The summed E-state index contributed by atoms with van der Waals surface area (Å²) in [6.07, 6.45) is 0. The minimum absolute atomic E-state index is 0.264. The van der Waals surface area contributed by atoms with Crippen molar-refractivity contribution >= 4 is 23.2 Å². The van der Waals surface area contributed by atoms with Crippen LogP contribution in [0.1, 0.15) is 32.9 Å². The number of benzene rings is 2. The smallest absolute Gasteiger partial charge is 0.274 e. The molecular weight excluding hydrogens is 338 g/mol. The first-order valence-electron chi connectivity index (χ1n) is 8.46. The highest BCUT2D eigenvalue weighted by atomic mass is 16.1. The zero-order valence-corrected chi connectivity index (χ0v) is 15.4. The number of aromatic nitrogens is 2. The largest absolute Gasteiger partial charge is 0.324 e. The Hall–Kier alpha value is -3.72. The van der Waals surface area contributed by atoms with Crippen molar-refractivity contribution in [3.05, 3.63) is 76.6 Å². The Labute approximate surface area is 157 Å². The van der Waals surface area contributed by atoms with Gasteiger partial charge in [-0.1, -0.05) is 12.1 Å². The molecule has 27 heavy (non-hydrogen) atoms. The lowest BCUT2D eigenvalue weighted by atomic mass is 10.1. The maximum absolute atomic E-state index is 12.6. The van der Waals surface area contributed by atoms with Crippen LogP contribution in [0.25, 0.3) is 0 Å². The fraction of sp³-hybridized carbons (Fsp3) is 0.143. The Morgan fingerprint density at radius 3 is 2.44 bits per heavy atom. The molecule has 0 atom stereocenters. The molecule has 6 heteroatoms. The number of hydrogen-bond donors (Lipinski definition) is 2. The van der Waals surface area contributed by atoms with E-state index in [-0.39, 0.29) is 11.6 Å². The molecule has 0 aliphatic rings. The highest BCUT2D eigenvalue weighted by Gasteiger charge is 2.12. The number of aryl methyl sites for hydroxylation is 3. The van der Waals surface area contributed by atoms with Gasteiger partial charge in [-0.05, 0) is 68.3 Å². The molecule has 0 aliphatic carbocycles. The Balaban J connectivity index is 1.82. The van der Waals surface area contributed by atoms with Crippen LogP contribution in [0.4, 0.5) is 17.3 Å². The third-order valence-corrected chi connectivity index (χ3v) is 4.00. The van der Waals surface area contributed by atoms with Gasteiger partial charge in [0.25, 0.3) is 5.91 Å². The van der Waals surface area contributed by atoms with E-state index in [1.54, 1.807) is 30.3 Å². The van der Waals surface area contributed by atoms with Crippen molar-refractivity contribution in [1.82, 2.24) is 9.97 Å². The highest BCUT2D eigenvalue weighted by Crippen LogP contribution is 2.20. The second kappa shape index (κ2) is 7.67. The van der Waals surface area contributed by atoms with Crippen molar-refractivity contribution in [2.75, 3.05) is 10.6 Å². The number of carbonyl (C=O) groups excluding carboxylic acids is 1. The van der Waals surface area contributed by atoms with Gasteiger partial charge in [0.2, 0.25) is 5.95 Å². The number of nitrogens with zero attached hydrogens (tertiary/aromatic N) is 3. The number of rotatable bonds is 4. The van der Waals surface area contributed by atoms with E-state index in [1.165, 1.54) is 0 Å². The molecule has 0 spiro atoms. The maximum atomic E-state index is 12.6. The zero-order chi connectivity index (χ0) is 19.4. The molecule has 0 aliphatic heterocycles. The normalized spacial score (nSPS) is 10.1. The monoisotopic (exact) mass is 357 g/mol. The van der Waals surface area contributed by atoms with E-state index in [4.69, 9.17) is 5.26 Å².